The predicted octanol–water partition coefficient (Wildman–Crippen LogP) is 4.81. The Morgan fingerprint density at radius 2 is 1.76 bits per heavy atom. The van der Waals surface area contributed by atoms with Crippen LogP contribution in [0.25, 0.3) is 0 Å². The average molecular weight is 289 g/mol. The number of methoxy groups -OCH3 is 1. The number of benzene rings is 1. The normalized spacial score (nSPS) is 18.5. The zero-order chi connectivity index (χ0) is 15.3. The lowest BCUT2D eigenvalue weighted by Crippen LogP contribution is -2.43. The van der Waals surface area contributed by atoms with E-state index in [1.165, 1.54) is 36.8 Å². The first kappa shape index (κ1) is 16.5. The fourth-order valence-electron chi connectivity index (χ4n) is 3.17. The van der Waals surface area contributed by atoms with Crippen LogP contribution in [0.2, 0.25) is 0 Å². The second-order valence-corrected chi connectivity index (χ2v) is 6.77. The van der Waals surface area contributed by atoms with Crippen LogP contribution in [0, 0.1) is 0 Å². The van der Waals surface area contributed by atoms with E-state index in [0.717, 1.165) is 13.0 Å². The molecule has 2 rings (SSSR count). The Morgan fingerprint density at radius 3 is 2.19 bits per heavy atom. The molecule has 1 atom stereocenters. The van der Waals surface area contributed by atoms with Gasteiger partial charge in [-0.15, -0.1) is 0 Å². The molecule has 1 fully saturated rings. The maximum Gasteiger partial charge on any atom is 0.0697 e. The lowest BCUT2D eigenvalue weighted by Gasteiger charge is -2.43. The lowest BCUT2D eigenvalue weighted by atomic mass is 9.74. The van der Waals surface area contributed by atoms with Gasteiger partial charge in [-0.2, -0.15) is 0 Å². The summed E-state index contributed by atoms with van der Waals surface area (Å²) in [6, 6.07) is 9.56. The summed E-state index contributed by atoms with van der Waals surface area (Å²) < 4.78 is 5.83. The minimum Gasteiger partial charge on any atom is -0.378 e. The Balaban J connectivity index is 2.10. The zero-order valence-corrected chi connectivity index (χ0v) is 14.1. The molecule has 0 bridgehead atoms. The fourth-order valence-corrected chi connectivity index (χ4v) is 3.17. The van der Waals surface area contributed by atoms with Gasteiger partial charge >= 0.3 is 0 Å². The maximum absolute atomic E-state index is 5.83. The zero-order valence-electron chi connectivity index (χ0n) is 14.1. The largest absolute Gasteiger partial charge is 0.378 e. The Labute approximate surface area is 130 Å². The van der Waals surface area contributed by atoms with Crippen LogP contribution in [0.5, 0.6) is 0 Å². The molecule has 1 aromatic rings. The van der Waals surface area contributed by atoms with E-state index in [0.29, 0.717) is 12.0 Å². The average Bonchev–Trinajstić information content (AvgIpc) is 2.46. The molecule has 1 saturated carbocycles. The van der Waals surface area contributed by atoms with Gasteiger partial charge in [-0.25, -0.2) is 0 Å². The van der Waals surface area contributed by atoms with Crippen molar-refractivity contribution in [1.82, 2.24) is 5.32 Å². The summed E-state index contributed by atoms with van der Waals surface area (Å²) in [7, 11) is 1.87. The molecule has 0 saturated heterocycles. The summed E-state index contributed by atoms with van der Waals surface area (Å²) in [5.41, 5.74) is 2.93. The number of hydrogen-bond acceptors (Lipinski definition) is 2. The first-order valence-corrected chi connectivity index (χ1v) is 8.48. The molecule has 0 spiro atoms. The van der Waals surface area contributed by atoms with Crippen LogP contribution in [0.4, 0.5) is 0 Å². The maximum atomic E-state index is 5.83. The van der Waals surface area contributed by atoms with E-state index in [4.69, 9.17) is 4.74 Å². The number of hydrogen-bond donors (Lipinski definition) is 1. The highest BCUT2D eigenvalue weighted by Gasteiger charge is 2.39. The van der Waals surface area contributed by atoms with Crippen LogP contribution in [-0.2, 0) is 4.74 Å². The summed E-state index contributed by atoms with van der Waals surface area (Å²) in [4.78, 5) is 0. The van der Waals surface area contributed by atoms with E-state index in [1.807, 2.05) is 7.11 Å². The van der Waals surface area contributed by atoms with Crippen LogP contribution in [0.3, 0.4) is 0 Å². The quantitative estimate of drug-likeness (QED) is 0.741. The molecule has 0 aliphatic heterocycles. The highest BCUT2D eigenvalue weighted by Crippen LogP contribution is 2.42. The van der Waals surface area contributed by atoms with Crippen molar-refractivity contribution in [2.75, 3.05) is 13.7 Å². The second kappa shape index (κ2) is 7.42. The molecule has 1 unspecified atom stereocenters. The molecular weight excluding hydrogens is 258 g/mol. The monoisotopic (exact) mass is 289 g/mol. The van der Waals surface area contributed by atoms with Gasteiger partial charge in [0.25, 0.3) is 0 Å². The Morgan fingerprint density at radius 1 is 1.14 bits per heavy atom. The third-order valence-electron chi connectivity index (χ3n) is 4.92. The molecule has 1 aromatic carbocycles. The van der Waals surface area contributed by atoms with Crippen LogP contribution in [0.1, 0.15) is 76.0 Å². The number of rotatable bonds is 8. The standard InChI is InChI=1S/C19H31NO/c1-5-13-20-18(14-19(21-4)11-6-12-19)17-9-7-16(8-10-17)15(2)3/h7-10,15,18,20H,5-6,11-14H2,1-4H3. The van der Waals surface area contributed by atoms with Gasteiger partial charge in [0.1, 0.15) is 0 Å². The summed E-state index contributed by atoms with van der Waals surface area (Å²) in [5, 5.41) is 3.71. The van der Waals surface area contributed by atoms with Gasteiger partial charge in [0.05, 0.1) is 5.60 Å². The molecule has 0 aromatic heterocycles. The molecule has 0 heterocycles. The van der Waals surface area contributed by atoms with Crippen LogP contribution < -0.4 is 5.32 Å². The number of ether oxygens (including phenoxy) is 1. The molecule has 2 nitrogen and oxygen atoms in total. The van der Waals surface area contributed by atoms with Crippen molar-refractivity contribution >= 4 is 0 Å². The smallest absolute Gasteiger partial charge is 0.0697 e. The lowest BCUT2D eigenvalue weighted by molar-refractivity contribution is -0.0838. The van der Waals surface area contributed by atoms with Crippen molar-refractivity contribution in [3.8, 4) is 0 Å². The Kier molecular flexibility index (Phi) is 5.83. The van der Waals surface area contributed by atoms with Gasteiger partial charge in [0.15, 0.2) is 0 Å². The minimum atomic E-state index is 0.113. The third-order valence-corrected chi connectivity index (χ3v) is 4.92. The third kappa shape index (κ3) is 4.08. The molecule has 0 amide bonds. The summed E-state index contributed by atoms with van der Waals surface area (Å²) in [6.45, 7) is 7.78. The van der Waals surface area contributed by atoms with Crippen molar-refractivity contribution in [2.45, 2.75) is 70.4 Å². The molecule has 2 heteroatoms. The highest BCUT2D eigenvalue weighted by atomic mass is 16.5. The van der Waals surface area contributed by atoms with Gasteiger partial charge in [0.2, 0.25) is 0 Å². The predicted molar refractivity (Wildman–Crippen MR) is 89.8 cm³/mol. The van der Waals surface area contributed by atoms with Crippen molar-refractivity contribution < 1.29 is 4.74 Å². The van der Waals surface area contributed by atoms with Crippen molar-refractivity contribution in [1.29, 1.82) is 0 Å². The molecule has 1 N–H and O–H groups in total. The summed E-state index contributed by atoms with van der Waals surface area (Å²) >= 11 is 0. The Hall–Kier alpha value is -0.860. The van der Waals surface area contributed by atoms with Crippen LogP contribution >= 0.6 is 0 Å². The molecule has 1 aliphatic carbocycles. The van der Waals surface area contributed by atoms with Gasteiger partial charge in [-0.3, -0.25) is 0 Å². The van der Waals surface area contributed by atoms with E-state index < -0.39 is 0 Å². The van der Waals surface area contributed by atoms with E-state index in [9.17, 15) is 0 Å². The summed E-state index contributed by atoms with van der Waals surface area (Å²) in [6.07, 6.45) is 5.97. The van der Waals surface area contributed by atoms with Gasteiger partial charge in [-0.1, -0.05) is 45.0 Å². The Bertz CT molecular complexity index is 414. The number of nitrogens with one attached hydrogen (secondary N) is 1. The van der Waals surface area contributed by atoms with Crippen LogP contribution in [-0.4, -0.2) is 19.3 Å². The van der Waals surface area contributed by atoms with Crippen molar-refractivity contribution in [3.05, 3.63) is 35.4 Å². The van der Waals surface area contributed by atoms with Crippen molar-refractivity contribution in [2.24, 2.45) is 0 Å². The first-order chi connectivity index (χ1) is 10.1. The first-order valence-electron chi connectivity index (χ1n) is 8.48. The summed E-state index contributed by atoms with van der Waals surface area (Å²) in [5.74, 6) is 0.595. The van der Waals surface area contributed by atoms with Gasteiger partial charge < -0.3 is 10.1 Å². The SMILES string of the molecule is CCCNC(CC1(OC)CCC1)c1ccc(C(C)C)cc1. The van der Waals surface area contributed by atoms with Gasteiger partial charge in [-0.05, 0) is 55.7 Å². The van der Waals surface area contributed by atoms with E-state index in [2.05, 4.69) is 50.4 Å². The molecular formula is C19H31NO. The fraction of sp³-hybridized carbons (Fsp3) is 0.684. The minimum absolute atomic E-state index is 0.113. The molecule has 21 heavy (non-hydrogen) atoms. The topological polar surface area (TPSA) is 21.3 Å². The highest BCUT2D eigenvalue weighted by molar-refractivity contribution is 5.27. The van der Waals surface area contributed by atoms with Crippen molar-refractivity contribution in [3.63, 3.8) is 0 Å². The van der Waals surface area contributed by atoms with E-state index >= 15 is 0 Å². The second-order valence-electron chi connectivity index (χ2n) is 6.77. The van der Waals surface area contributed by atoms with E-state index in [1.54, 1.807) is 0 Å². The van der Waals surface area contributed by atoms with Gasteiger partial charge in [0, 0.05) is 13.2 Å². The van der Waals surface area contributed by atoms with E-state index in [-0.39, 0.29) is 5.60 Å². The molecule has 1 aliphatic rings. The van der Waals surface area contributed by atoms with Crippen LogP contribution in [0.15, 0.2) is 24.3 Å². The molecule has 118 valence electrons. The molecule has 0 radical (unpaired) electrons.